The van der Waals surface area contributed by atoms with Crippen molar-refractivity contribution in [3.63, 3.8) is 0 Å². The quantitative estimate of drug-likeness (QED) is 0.443. The zero-order chi connectivity index (χ0) is 24.1. The van der Waals surface area contributed by atoms with Crippen LogP contribution in [0.15, 0.2) is 35.3 Å². The molecule has 0 N–H and O–H groups in total. The van der Waals surface area contributed by atoms with E-state index in [2.05, 4.69) is 15.0 Å². The number of nitrogens with zero attached hydrogens (tertiary/aromatic N) is 6. The highest BCUT2D eigenvalue weighted by atomic mass is 35.5. The van der Waals surface area contributed by atoms with Crippen molar-refractivity contribution < 1.29 is 9.13 Å². The molecule has 4 aromatic rings. The summed E-state index contributed by atoms with van der Waals surface area (Å²) in [5.41, 5.74) is 2.68. The highest BCUT2D eigenvalue weighted by molar-refractivity contribution is 6.30. The third-order valence-corrected chi connectivity index (χ3v) is 6.70. The average molecular weight is 483 g/mol. The average Bonchev–Trinajstić information content (AvgIpc) is 3.15. The highest BCUT2D eigenvalue weighted by Gasteiger charge is 2.27. The van der Waals surface area contributed by atoms with E-state index in [1.54, 1.807) is 32.2 Å². The molecule has 4 heterocycles. The molecule has 1 fully saturated rings. The van der Waals surface area contributed by atoms with Gasteiger partial charge < -0.3 is 9.64 Å². The molecule has 0 bridgehead atoms. The van der Waals surface area contributed by atoms with Crippen LogP contribution in [-0.4, -0.2) is 44.0 Å². The number of benzene rings is 1. The topological polar surface area (TPSA) is 78.1 Å². The fraction of sp³-hybridized carbons (Fsp3) is 0.333. The van der Waals surface area contributed by atoms with E-state index in [4.69, 9.17) is 21.3 Å². The molecule has 0 spiro atoms. The van der Waals surface area contributed by atoms with Crippen molar-refractivity contribution in [3.8, 4) is 11.3 Å². The predicted octanol–water partition coefficient (Wildman–Crippen LogP) is 3.72. The van der Waals surface area contributed by atoms with Gasteiger partial charge in [-0.05, 0) is 32.0 Å². The van der Waals surface area contributed by atoms with Crippen molar-refractivity contribution in [2.45, 2.75) is 20.0 Å². The summed E-state index contributed by atoms with van der Waals surface area (Å²) in [4.78, 5) is 24.7. The minimum Gasteiger partial charge on any atom is -0.370 e. The van der Waals surface area contributed by atoms with Gasteiger partial charge in [0.1, 0.15) is 23.6 Å². The second kappa shape index (κ2) is 8.48. The van der Waals surface area contributed by atoms with Crippen molar-refractivity contribution in [3.05, 3.63) is 68.7 Å². The zero-order valence-corrected chi connectivity index (χ0v) is 20.1. The van der Waals surface area contributed by atoms with E-state index < -0.39 is 5.82 Å². The van der Waals surface area contributed by atoms with Crippen LogP contribution in [0, 0.1) is 19.7 Å². The summed E-state index contributed by atoms with van der Waals surface area (Å²) < 4.78 is 24.3. The SMILES string of the molecule is Cc1c([C@H]2CN(c3cc4nc(C)n(C)c(=O)c4c(-c4ccc(Cl)cc4F)n3)CCO2)cnn1C. The van der Waals surface area contributed by atoms with Crippen LogP contribution in [0.2, 0.25) is 5.02 Å². The fourth-order valence-corrected chi connectivity index (χ4v) is 4.46. The Labute approximate surface area is 200 Å². The number of hydrogen-bond acceptors (Lipinski definition) is 6. The lowest BCUT2D eigenvalue weighted by Gasteiger charge is -2.34. The first-order valence-corrected chi connectivity index (χ1v) is 11.3. The molecule has 0 unspecified atom stereocenters. The van der Waals surface area contributed by atoms with Gasteiger partial charge in [-0.2, -0.15) is 5.10 Å². The first-order valence-electron chi connectivity index (χ1n) is 10.9. The maximum absolute atomic E-state index is 15.0. The number of ether oxygens (including phenoxy) is 1. The van der Waals surface area contributed by atoms with E-state index in [1.165, 1.54) is 10.6 Å². The summed E-state index contributed by atoms with van der Waals surface area (Å²) >= 11 is 5.97. The number of rotatable bonds is 3. The molecule has 34 heavy (non-hydrogen) atoms. The summed E-state index contributed by atoms with van der Waals surface area (Å²) in [5, 5.41) is 4.87. The number of pyridine rings is 1. The van der Waals surface area contributed by atoms with E-state index in [-0.39, 0.29) is 33.3 Å². The molecule has 3 aromatic heterocycles. The van der Waals surface area contributed by atoms with E-state index in [0.29, 0.717) is 36.9 Å². The van der Waals surface area contributed by atoms with Gasteiger partial charge in [0.25, 0.3) is 5.56 Å². The third kappa shape index (κ3) is 3.74. The fourth-order valence-electron chi connectivity index (χ4n) is 4.30. The Balaban J connectivity index is 1.67. The molecule has 0 radical (unpaired) electrons. The van der Waals surface area contributed by atoms with Crippen LogP contribution >= 0.6 is 11.6 Å². The molecule has 5 rings (SSSR count). The summed E-state index contributed by atoms with van der Waals surface area (Å²) in [7, 11) is 3.54. The standard InChI is InChI=1S/C24H24ClFN6O2/c1-13-17(11-27-31(13)4)20-12-32(7-8-34-20)21-10-19-22(24(33)30(3)14(2)28-19)23(29-21)16-6-5-15(25)9-18(16)26/h5-6,9-11,20H,7-8,12H2,1-4H3/t20-/m1/s1. The molecule has 8 nitrogen and oxygen atoms in total. The van der Waals surface area contributed by atoms with Crippen molar-refractivity contribution in [2.75, 3.05) is 24.6 Å². The van der Waals surface area contributed by atoms with Gasteiger partial charge in [-0.3, -0.25) is 14.0 Å². The number of morpholine rings is 1. The Morgan fingerprint density at radius 1 is 1.18 bits per heavy atom. The second-order valence-corrected chi connectivity index (χ2v) is 8.92. The molecule has 1 saturated heterocycles. The van der Waals surface area contributed by atoms with E-state index in [1.807, 2.05) is 24.9 Å². The zero-order valence-electron chi connectivity index (χ0n) is 19.3. The molecular weight excluding hydrogens is 459 g/mol. The van der Waals surface area contributed by atoms with Gasteiger partial charge >= 0.3 is 0 Å². The maximum Gasteiger partial charge on any atom is 0.263 e. The summed E-state index contributed by atoms with van der Waals surface area (Å²) in [6, 6.07) is 6.14. The van der Waals surface area contributed by atoms with E-state index in [9.17, 15) is 9.18 Å². The van der Waals surface area contributed by atoms with Crippen molar-refractivity contribution in [1.29, 1.82) is 0 Å². The van der Waals surface area contributed by atoms with Gasteiger partial charge in [-0.15, -0.1) is 0 Å². The maximum atomic E-state index is 15.0. The van der Waals surface area contributed by atoms with Crippen molar-refractivity contribution >= 4 is 28.3 Å². The summed E-state index contributed by atoms with van der Waals surface area (Å²) in [6.07, 6.45) is 1.63. The predicted molar refractivity (Wildman–Crippen MR) is 129 cm³/mol. The molecule has 10 heteroatoms. The third-order valence-electron chi connectivity index (χ3n) is 6.47. The van der Waals surface area contributed by atoms with Crippen LogP contribution in [0.25, 0.3) is 22.2 Å². The lowest BCUT2D eigenvalue weighted by molar-refractivity contribution is 0.0391. The molecule has 0 saturated carbocycles. The van der Waals surface area contributed by atoms with Crippen LogP contribution in [0.3, 0.4) is 0 Å². The molecule has 1 aliphatic heterocycles. The first-order chi connectivity index (χ1) is 16.2. The van der Waals surface area contributed by atoms with Gasteiger partial charge in [-0.1, -0.05) is 11.6 Å². The van der Waals surface area contributed by atoms with E-state index in [0.717, 1.165) is 11.3 Å². The van der Waals surface area contributed by atoms with Gasteiger partial charge in [0.15, 0.2) is 0 Å². The second-order valence-electron chi connectivity index (χ2n) is 8.48. The summed E-state index contributed by atoms with van der Waals surface area (Å²) in [5.74, 6) is 0.613. The number of halogens is 2. The molecular formula is C24H24ClFN6O2. The minimum atomic E-state index is -0.549. The number of aryl methyl sites for hydroxylation is 2. The van der Waals surface area contributed by atoms with Crippen molar-refractivity contribution in [1.82, 2.24) is 24.3 Å². The van der Waals surface area contributed by atoms with Gasteiger partial charge in [-0.25, -0.2) is 14.4 Å². The Bertz CT molecular complexity index is 1480. The Hall–Kier alpha value is -3.30. The molecule has 1 aromatic carbocycles. The summed E-state index contributed by atoms with van der Waals surface area (Å²) in [6.45, 7) is 5.40. The Morgan fingerprint density at radius 2 is 1.97 bits per heavy atom. The largest absolute Gasteiger partial charge is 0.370 e. The van der Waals surface area contributed by atoms with Crippen LogP contribution in [-0.2, 0) is 18.8 Å². The van der Waals surface area contributed by atoms with Crippen molar-refractivity contribution in [2.24, 2.45) is 14.1 Å². The molecule has 1 aliphatic rings. The lowest BCUT2D eigenvalue weighted by Crippen LogP contribution is -2.39. The molecule has 1 atom stereocenters. The normalized spacial score (nSPS) is 16.4. The van der Waals surface area contributed by atoms with Crippen LogP contribution < -0.4 is 10.5 Å². The molecule has 176 valence electrons. The molecule has 0 aliphatic carbocycles. The van der Waals surface area contributed by atoms with Gasteiger partial charge in [0.05, 0.1) is 29.4 Å². The number of fused-ring (bicyclic) bond motifs is 1. The lowest BCUT2D eigenvalue weighted by atomic mass is 10.1. The van der Waals surface area contributed by atoms with Gasteiger partial charge in [0.2, 0.25) is 0 Å². The smallest absolute Gasteiger partial charge is 0.263 e. The minimum absolute atomic E-state index is 0.186. The Morgan fingerprint density at radius 3 is 2.68 bits per heavy atom. The molecule has 0 amide bonds. The number of anilines is 1. The number of hydrogen-bond donors (Lipinski definition) is 0. The monoisotopic (exact) mass is 482 g/mol. The van der Waals surface area contributed by atoms with Crippen LogP contribution in [0.1, 0.15) is 23.2 Å². The van der Waals surface area contributed by atoms with E-state index >= 15 is 0 Å². The highest BCUT2D eigenvalue weighted by Crippen LogP contribution is 2.33. The van der Waals surface area contributed by atoms with Gasteiger partial charge in [0, 0.05) is 55.1 Å². The van der Waals surface area contributed by atoms with Crippen LogP contribution in [0.4, 0.5) is 10.2 Å². The van der Waals surface area contributed by atoms with Crippen LogP contribution in [0.5, 0.6) is 0 Å². The Kier molecular flexibility index (Phi) is 5.61. The number of aromatic nitrogens is 5. The first kappa shape index (κ1) is 22.5.